The van der Waals surface area contributed by atoms with Gasteiger partial charge in [-0.05, 0) is 66.1 Å². The van der Waals surface area contributed by atoms with E-state index < -0.39 is 4.75 Å². The van der Waals surface area contributed by atoms with Crippen molar-refractivity contribution in [2.24, 2.45) is 0 Å². The number of Topliss-reactive ketones (excluding diaryl/α,β-unsaturated/α-hetero) is 1. The molecule has 2 aromatic rings. The number of hydrogen-bond donors (Lipinski definition) is 0. The first-order valence-corrected chi connectivity index (χ1v) is 11.6. The average molecular weight is 511 g/mol. The lowest BCUT2D eigenvalue weighted by Gasteiger charge is -2.40. The predicted molar refractivity (Wildman–Crippen MR) is 117 cm³/mol. The Hall–Kier alpha value is -0.820. The van der Waals surface area contributed by atoms with Crippen LogP contribution in [0.25, 0.3) is 0 Å². The maximum Gasteiger partial charge on any atom is 0.187 e. The first kappa shape index (κ1) is 19.5. The molecule has 0 saturated carbocycles. The Morgan fingerprint density at radius 2 is 1.81 bits per heavy atom. The second-order valence-electron chi connectivity index (χ2n) is 7.13. The lowest BCUT2D eigenvalue weighted by Crippen LogP contribution is -2.53. The molecule has 1 atom stereocenters. The van der Waals surface area contributed by atoms with E-state index >= 15 is 0 Å². The lowest BCUT2D eigenvalue weighted by atomic mass is 9.93. The van der Waals surface area contributed by atoms with Crippen LogP contribution >= 0.6 is 43.6 Å². The van der Waals surface area contributed by atoms with Crippen molar-refractivity contribution in [1.29, 1.82) is 0 Å². The third-order valence-corrected chi connectivity index (χ3v) is 7.48. The summed E-state index contributed by atoms with van der Waals surface area (Å²) in [5.41, 5.74) is 0.656. The second-order valence-corrected chi connectivity index (χ2v) is 10.4. The fourth-order valence-corrected chi connectivity index (χ4v) is 6.45. The lowest BCUT2D eigenvalue weighted by molar-refractivity contribution is 0.0806. The number of halogens is 2. The quantitative estimate of drug-likeness (QED) is 0.519. The molecule has 0 bridgehead atoms. The van der Waals surface area contributed by atoms with Crippen LogP contribution in [0.3, 0.4) is 0 Å². The maximum atomic E-state index is 13.8. The molecular weight excluding hydrogens is 490 g/mol. The van der Waals surface area contributed by atoms with Crippen molar-refractivity contribution in [3.8, 4) is 5.75 Å². The van der Waals surface area contributed by atoms with Crippen molar-refractivity contribution < 1.29 is 9.53 Å². The number of fused-ring (bicyclic) bond motifs is 1. The van der Waals surface area contributed by atoms with Crippen LogP contribution in [-0.4, -0.2) is 41.7 Å². The van der Waals surface area contributed by atoms with E-state index in [1.165, 1.54) is 19.3 Å². The number of carbonyl (C=O) groups excluding carboxylic acids is 1. The van der Waals surface area contributed by atoms with Gasteiger partial charge in [-0.3, -0.25) is 4.79 Å². The van der Waals surface area contributed by atoms with Crippen molar-refractivity contribution in [3.05, 3.63) is 57.0 Å². The summed E-state index contributed by atoms with van der Waals surface area (Å²) < 4.78 is 7.23. The number of benzene rings is 2. The van der Waals surface area contributed by atoms with Crippen LogP contribution in [0.5, 0.6) is 5.75 Å². The normalized spacial score (nSPS) is 23.0. The molecule has 1 saturated heterocycles. The van der Waals surface area contributed by atoms with Crippen molar-refractivity contribution in [3.63, 3.8) is 0 Å². The molecule has 0 amide bonds. The predicted octanol–water partition coefficient (Wildman–Crippen LogP) is 5.80. The Balaban J connectivity index is 1.72. The van der Waals surface area contributed by atoms with Gasteiger partial charge in [-0.1, -0.05) is 40.5 Å². The summed E-state index contributed by atoms with van der Waals surface area (Å²) in [6.45, 7) is 3.21. The van der Waals surface area contributed by atoms with E-state index in [1.807, 2.05) is 30.3 Å². The summed E-state index contributed by atoms with van der Waals surface area (Å²) in [7, 11) is 0. The van der Waals surface area contributed by atoms with Gasteiger partial charge < -0.3 is 9.64 Å². The van der Waals surface area contributed by atoms with Crippen LogP contribution in [0, 0.1) is 0 Å². The van der Waals surface area contributed by atoms with Gasteiger partial charge >= 0.3 is 0 Å². The van der Waals surface area contributed by atoms with Crippen molar-refractivity contribution >= 4 is 49.4 Å². The molecule has 0 N–H and O–H groups in total. The summed E-state index contributed by atoms with van der Waals surface area (Å²) in [6, 6.07) is 14.0. The number of carbonyl (C=O) groups is 1. The van der Waals surface area contributed by atoms with Gasteiger partial charge in [-0.25, -0.2) is 0 Å². The van der Waals surface area contributed by atoms with E-state index in [0.717, 1.165) is 33.5 Å². The molecule has 1 fully saturated rings. The van der Waals surface area contributed by atoms with E-state index in [-0.39, 0.29) is 5.78 Å². The van der Waals surface area contributed by atoms with Crippen LogP contribution in [-0.2, 0) is 0 Å². The molecule has 0 aliphatic carbocycles. The zero-order valence-corrected chi connectivity index (χ0v) is 18.9. The first-order chi connectivity index (χ1) is 13.1. The van der Waals surface area contributed by atoms with Gasteiger partial charge in [-0.2, -0.15) is 0 Å². The van der Waals surface area contributed by atoms with Gasteiger partial charge in [0.1, 0.15) is 17.1 Å². The van der Waals surface area contributed by atoms with Crippen molar-refractivity contribution in [1.82, 2.24) is 4.90 Å². The monoisotopic (exact) mass is 509 g/mol. The molecule has 1 unspecified atom stereocenters. The van der Waals surface area contributed by atoms with E-state index in [4.69, 9.17) is 4.74 Å². The highest BCUT2D eigenvalue weighted by Crippen LogP contribution is 2.45. The minimum atomic E-state index is -0.633. The first-order valence-electron chi connectivity index (χ1n) is 9.20. The van der Waals surface area contributed by atoms with Crippen LogP contribution in [0.2, 0.25) is 0 Å². The fraction of sp³-hybridized carbons (Fsp3) is 0.381. The number of nitrogens with zero attached hydrogens (tertiary/aromatic N) is 1. The smallest absolute Gasteiger partial charge is 0.187 e. The Bertz CT molecular complexity index is 840. The summed E-state index contributed by atoms with van der Waals surface area (Å²) in [4.78, 5) is 17.3. The molecule has 142 valence electrons. The number of ether oxygens (including phenoxy) is 1. The molecule has 0 aromatic heterocycles. The number of likely N-dealkylation sites (tertiary alicyclic amines) is 1. The average Bonchev–Trinajstić information content (AvgIpc) is 2.67. The summed E-state index contributed by atoms with van der Waals surface area (Å²) in [6.07, 6.45) is 3.69. The highest BCUT2D eigenvalue weighted by molar-refractivity contribution is 9.11. The van der Waals surface area contributed by atoms with Gasteiger partial charge in [0, 0.05) is 15.9 Å². The molecule has 27 heavy (non-hydrogen) atoms. The SMILES string of the molecule is O=C1c2cc(Br)cc(Br)c2OCC1(CN1CCCCC1)Sc1ccccc1. The molecular formula is C21H21Br2NO2S. The summed E-state index contributed by atoms with van der Waals surface area (Å²) >= 11 is 8.70. The van der Waals surface area contributed by atoms with E-state index in [1.54, 1.807) is 11.8 Å². The number of thioether (sulfide) groups is 1. The molecule has 6 heteroatoms. The van der Waals surface area contributed by atoms with Crippen LogP contribution in [0.15, 0.2) is 56.3 Å². The Morgan fingerprint density at radius 3 is 2.56 bits per heavy atom. The van der Waals surface area contributed by atoms with Crippen molar-refractivity contribution in [2.45, 2.75) is 28.9 Å². The van der Waals surface area contributed by atoms with E-state index in [2.05, 4.69) is 48.9 Å². The van der Waals surface area contributed by atoms with Gasteiger partial charge in [0.2, 0.25) is 0 Å². The highest BCUT2D eigenvalue weighted by Gasteiger charge is 2.47. The van der Waals surface area contributed by atoms with Crippen molar-refractivity contribution in [2.75, 3.05) is 26.2 Å². The molecule has 2 aliphatic heterocycles. The van der Waals surface area contributed by atoms with Gasteiger partial charge in [-0.15, -0.1) is 11.8 Å². The third-order valence-electron chi connectivity index (χ3n) is 5.10. The van der Waals surface area contributed by atoms with Gasteiger partial charge in [0.05, 0.1) is 10.0 Å². The fourth-order valence-electron chi connectivity index (χ4n) is 3.79. The standard InChI is InChI=1S/C21H21Br2NO2S/c22-15-11-17-19(18(23)12-15)26-14-21(20(17)25,13-24-9-5-2-6-10-24)27-16-7-3-1-4-8-16/h1,3-4,7-8,11-12H,2,5-6,9-10,13-14H2. The Morgan fingerprint density at radius 1 is 1.07 bits per heavy atom. The maximum absolute atomic E-state index is 13.8. The minimum Gasteiger partial charge on any atom is -0.490 e. The number of rotatable bonds is 4. The highest BCUT2D eigenvalue weighted by atomic mass is 79.9. The van der Waals surface area contributed by atoms with Crippen LogP contribution in [0.4, 0.5) is 0 Å². The molecule has 2 aliphatic rings. The number of piperidine rings is 1. The Labute approximate surface area is 181 Å². The topological polar surface area (TPSA) is 29.5 Å². The van der Waals surface area contributed by atoms with Gasteiger partial charge in [0.25, 0.3) is 0 Å². The Kier molecular flexibility index (Phi) is 5.97. The molecule has 0 spiro atoms. The molecule has 2 heterocycles. The molecule has 4 rings (SSSR count). The van der Waals surface area contributed by atoms with E-state index in [9.17, 15) is 4.79 Å². The minimum absolute atomic E-state index is 0.158. The largest absolute Gasteiger partial charge is 0.490 e. The zero-order chi connectivity index (χ0) is 18.9. The third kappa shape index (κ3) is 4.14. The molecule has 3 nitrogen and oxygen atoms in total. The second kappa shape index (κ2) is 8.27. The molecule has 0 radical (unpaired) electrons. The number of ketones is 1. The summed E-state index contributed by atoms with van der Waals surface area (Å²) in [5, 5.41) is 0. The van der Waals surface area contributed by atoms with E-state index in [0.29, 0.717) is 17.9 Å². The van der Waals surface area contributed by atoms with Gasteiger partial charge in [0.15, 0.2) is 5.78 Å². The zero-order valence-electron chi connectivity index (χ0n) is 14.9. The number of hydrogen-bond acceptors (Lipinski definition) is 4. The van der Waals surface area contributed by atoms with Crippen LogP contribution < -0.4 is 4.74 Å². The summed E-state index contributed by atoms with van der Waals surface area (Å²) in [5.74, 6) is 0.816. The molecule has 2 aromatic carbocycles. The van der Waals surface area contributed by atoms with Crippen LogP contribution in [0.1, 0.15) is 29.6 Å².